The molecule has 0 atom stereocenters. The van der Waals surface area contributed by atoms with E-state index in [1.165, 1.54) is 0 Å². The lowest BCUT2D eigenvalue weighted by atomic mass is 10.1. The third kappa shape index (κ3) is 2.63. The van der Waals surface area contributed by atoms with Gasteiger partial charge in [-0.1, -0.05) is 23.4 Å². The molecule has 0 bridgehead atoms. The van der Waals surface area contributed by atoms with Gasteiger partial charge in [-0.25, -0.2) is 4.68 Å². The van der Waals surface area contributed by atoms with Crippen LogP contribution in [-0.2, 0) is 6.54 Å². The minimum absolute atomic E-state index is 0.147. The SMILES string of the molecule is O=C(NCc1cn(-c2ccncc2)nn1)c1c[nH]c2ccccc12. The summed E-state index contributed by atoms with van der Waals surface area (Å²) in [5.41, 5.74) is 3.10. The van der Waals surface area contributed by atoms with Crippen LogP contribution in [0.2, 0.25) is 0 Å². The van der Waals surface area contributed by atoms with Crippen molar-refractivity contribution in [1.82, 2.24) is 30.3 Å². The van der Waals surface area contributed by atoms with Crippen LogP contribution in [0.25, 0.3) is 16.6 Å². The summed E-state index contributed by atoms with van der Waals surface area (Å²) < 4.78 is 1.65. The molecule has 3 heterocycles. The van der Waals surface area contributed by atoms with Gasteiger partial charge in [-0.15, -0.1) is 5.10 Å². The number of amides is 1. The summed E-state index contributed by atoms with van der Waals surface area (Å²) in [5.74, 6) is -0.147. The number of fused-ring (bicyclic) bond motifs is 1. The molecule has 1 amide bonds. The number of nitrogens with one attached hydrogen (secondary N) is 2. The number of aromatic nitrogens is 5. The highest BCUT2D eigenvalue weighted by Gasteiger charge is 2.12. The van der Waals surface area contributed by atoms with E-state index in [2.05, 4.69) is 25.6 Å². The predicted molar refractivity (Wildman–Crippen MR) is 88.6 cm³/mol. The normalized spacial score (nSPS) is 10.8. The van der Waals surface area contributed by atoms with Gasteiger partial charge in [-0.2, -0.15) is 0 Å². The highest BCUT2D eigenvalue weighted by atomic mass is 16.1. The molecule has 0 unspecified atom stereocenters. The molecule has 7 heteroatoms. The summed E-state index contributed by atoms with van der Waals surface area (Å²) in [7, 11) is 0. The van der Waals surface area contributed by atoms with Crippen LogP contribution in [0.15, 0.2) is 61.2 Å². The van der Waals surface area contributed by atoms with E-state index >= 15 is 0 Å². The Balaban J connectivity index is 1.47. The van der Waals surface area contributed by atoms with Crippen LogP contribution in [0.3, 0.4) is 0 Å². The fourth-order valence-corrected chi connectivity index (χ4v) is 2.53. The molecule has 0 saturated heterocycles. The average molecular weight is 318 g/mol. The summed E-state index contributed by atoms with van der Waals surface area (Å²) in [5, 5.41) is 11.9. The zero-order valence-corrected chi connectivity index (χ0v) is 12.7. The molecule has 118 valence electrons. The van der Waals surface area contributed by atoms with Crippen molar-refractivity contribution >= 4 is 16.8 Å². The van der Waals surface area contributed by atoms with Crippen molar-refractivity contribution < 1.29 is 4.79 Å². The Kier molecular flexibility index (Phi) is 3.51. The van der Waals surface area contributed by atoms with Crippen LogP contribution in [0.1, 0.15) is 16.1 Å². The first-order valence-electron chi connectivity index (χ1n) is 7.47. The molecule has 0 fully saturated rings. The molecule has 1 aromatic carbocycles. The van der Waals surface area contributed by atoms with E-state index in [4.69, 9.17) is 0 Å². The van der Waals surface area contributed by atoms with E-state index in [0.717, 1.165) is 16.6 Å². The highest BCUT2D eigenvalue weighted by molar-refractivity contribution is 6.06. The van der Waals surface area contributed by atoms with Crippen molar-refractivity contribution in [3.63, 3.8) is 0 Å². The maximum absolute atomic E-state index is 12.4. The largest absolute Gasteiger partial charge is 0.360 e. The van der Waals surface area contributed by atoms with Gasteiger partial charge in [0.15, 0.2) is 0 Å². The Morgan fingerprint density at radius 1 is 1.17 bits per heavy atom. The third-order valence-electron chi connectivity index (χ3n) is 3.73. The summed E-state index contributed by atoms with van der Waals surface area (Å²) >= 11 is 0. The summed E-state index contributed by atoms with van der Waals surface area (Å²) in [6.45, 7) is 0.309. The van der Waals surface area contributed by atoms with Gasteiger partial charge in [0.2, 0.25) is 0 Å². The standard InChI is InChI=1S/C17H14N6O/c24-17(15-10-19-16-4-2-1-3-14(15)16)20-9-12-11-23(22-21-12)13-5-7-18-8-6-13/h1-8,10-11,19H,9H2,(H,20,24). The minimum atomic E-state index is -0.147. The van der Waals surface area contributed by atoms with Crippen molar-refractivity contribution in [1.29, 1.82) is 0 Å². The number of para-hydroxylation sites is 1. The molecule has 24 heavy (non-hydrogen) atoms. The topological polar surface area (TPSA) is 88.5 Å². The van der Waals surface area contributed by atoms with Gasteiger partial charge in [0.05, 0.1) is 24.0 Å². The molecule has 7 nitrogen and oxygen atoms in total. The van der Waals surface area contributed by atoms with Gasteiger partial charge in [-0.05, 0) is 18.2 Å². The van der Waals surface area contributed by atoms with E-state index in [1.807, 2.05) is 36.4 Å². The summed E-state index contributed by atoms with van der Waals surface area (Å²) in [4.78, 5) is 19.4. The molecule has 0 aliphatic carbocycles. The van der Waals surface area contributed by atoms with Gasteiger partial charge >= 0.3 is 0 Å². The molecule has 0 aliphatic rings. The molecule has 3 aromatic heterocycles. The van der Waals surface area contributed by atoms with E-state index in [9.17, 15) is 4.79 Å². The minimum Gasteiger partial charge on any atom is -0.360 e. The van der Waals surface area contributed by atoms with Crippen LogP contribution < -0.4 is 5.32 Å². The molecule has 4 aromatic rings. The van der Waals surface area contributed by atoms with E-state index < -0.39 is 0 Å². The Hall–Kier alpha value is -3.48. The zero-order chi connectivity index (χ0) is 16.4. The van der Waals surface area contributed by atoms with Crippen LogP contribution in [0.4, 0.5) is 0 Å². The van der Waals surface area contributed by atoms with E-state index in [1.54, 1.807) is 29.5 Å². The summed E-state index contributed by atoms with van der Waals surface area (Å²) in [6, 6.07) is 11.4. The van der Waals surface area contributed by atoms with Gasteiger partial charge in [0, 0.05) is 29.5 Å². The first kappa shape index (κ1) is 14.1. The first-order chi connectivity index (χ1) is 11.8. The smallest absolute Gasteiger partial charge is 0.253 e. The van der Waals surface area contributed by atoms with E-state index in [0.29, 0.717) is 17.8 Å². The number of benzene rings is 1. The van der Waals surface area contributed by atoms with Crippen molar-refractivity contribution in [2.75, 3.05) is 0 Å². The number of rotatable bonds is 4. The molecule has 0 spiro atoms. The molecule has 0 saturated carbocycles. The molecule has 4 rings (SSSR count). The van der Waals surface area contributed by atoms with Crippen LogP contribution >= 0.6 is 0 Å². The Morgan fingerprint density at radius 2 is 2.00 bits per heavy atom. The lowest BCUT2D eigenvalue weighted by Gasteiger charge is -2.01. The molecular formula is C17H14N6O. The van der Waals surface area contributed by atoms with Crippen molar-refractivity contribution in [3.05, 3.63) is 72.4 Å². The maximum atomic E-state index is 12.4. The lowest BCUT2D eigenvalue weighted by molar-refractivity contribution is 0.0952. The third-order valence-corrected chi connectivity index (χ3v) is 3.73. The number of carbonyl (C=O) groups is 1. The number of aromatic amines is 1. The van der Waals surface area contributed by atoms with Crippen LogP contribution in [0.5, 0.6) is 0 Å². The van der Waals surface area contributed by atoms with Gasteiger partial charge in [-0.3, -0.25) is 9.78 Å². The second-order valence-corrected chi connectivity index (χ2v) is 5.29. The first-order valence-corrected chi connectivity index (χ1v) is 7.47. The van der Waals surface area contributed by atoms with E-state index in [-0.39, 0.29) is 5.91 Å². The van der Waals surface area contributed by atoms with Crippen LogP contribution in [0, 0.1) is 0 Å². The number of carbonyl (C=O) groups excluding carboxylic acids is 1. The van der Waals surface area contributed by atoms with Crippen molar-refractivity contribution in [2.24, 2.45) is 0 Å². The number of hydrogen-bond donors (Lipinski definition) is 2. The molecular weight excluding hydrogens is 304 g/mol. The van der Waals surface area contributed by atoms with Crippen molar-refractivity contribution in [3.8, 4) is 5.69 Å². The lowest BCUT2D eigenvalue weighted by Crippen LogP contribution is -2.22. The molecule has 0 aliphatic heterocycles. The predicted octanol–water partition coefficient (Wildman–Crippen LogP) is 2.07. The van der Waals surface area contributed by atoms with Crippen molar-refractivity contribution in [2.45, 2.75) is 6.54 Å². The molecule has 2 N–H and O–H groups in total. The second kappa shape index (κ2) is 5.96. The van der Waals surface area contributed by atoms with Gasteiger partial charge in [0.25, 0.3) is 5.91 Å². The zero-order valence-electron chi connectivity index (χ0n) is 12.7. The summed E-state index contributed by atoms with van der Waals surface area (Å²) in [6.07, 6.45) is 6.88. The Morgan fingerprint density at radius 3 is 2.88 bits per heavy atom. The number of H-pyrrole nitrogens is 1. The second-order valence-electron chi connectivity index (χ2n) is 5.29. The highest BCUT2D eigenvalue weighted by Crippen LogP contribution is 2.17. The average Bonchev–Trinajstić information content (AvgIpc) is 3.27. The van der Waals surface area contributed by atoms with Gasteiger partial charge in [0.1, 0.15) is 5.69 Å². The quantitative estimate of drug-likeness (QED) is 0.603. The number of pyridine rings is 1. The number of hydrogen-bond acceptors (Lipinski definition) is 4. The fraction of sp³-hybridized carbons (Fsp3) is 0.0588. The monoisotopic (exact) mass is 318 g/mol. The Labute approximate surface area is 137 Å². The van der Waals surface area contributed by atoms with Gasteiger partial charge < -0.3 is 10.3 Å². The molecule has 0 radical (unpaired) electrons. The van der Waals surface area contributed by atoms with Crippen LogP contribution in [-0.4, -0.2) is 30.9 Å². The fourth-order valence-electron chi connectivity index (χ4n) is 2.53. The maximum Gasteiger partial charge on any atom is 0.253 e. The number of nitrogens with zero attached hydrogens (tertiary/aromatic N) is 4. The Bertz CT molecular complexity index is 988.